The molecule has 0 radical (unpaired) electrons. The van der Waals surface area contributed by atoms with Crippen LogP contribution in [0.4, 0.5) is 0 Å². The summed E-state index contributed by atoms with van der Waals surface area (Å²) in [4.78, 5) is 21.3. The molecule has 23 heavy (non-hydrogen) atoms. The van der Waals surface area contributed by atoms with E-state index in [9.17, 15) is 4.79 Å². The van der Waals surface area contributed by atoms with Crippen molar-refractivity contribution in [1.82, 2.24) is 24.5 Å². The van der Waals surface area contributed by atoms with E-state index < -0.39 is 0 Å². The second-order valence-corrected chi connectivity index (χ2v) is 7.40. The molecule has 120 valence electrons. The van der Waals surface area contributed by atoms with Gasteiger partial charge in [-0.1, -0.05) is 0 Å². The molecule has 0 aliphatic heterocycles. The van der Waals surface area contributed by atoms with Crippen molar-refractivity contribution in [2.24, 2.45) is 0 Å². The number of aromatic amines is 1. The van der Waals surface area contributed by atoms with Gasteiger partial charge in [0.05, 0.1) is 17.9 Å². The van der Waals surface area contributed by atoms with Crippen LogP contribution in [0.15, 0.2) is 6.20 Å². The van der Waals surface area contributed by atoms with Gasteiger partial charge >= 0.3 is 0 Å². The minimum Gasteiger partial charge on any atom is -0.334 e. The summed E-state index contributed by atoms with van der Waals surface area (Å²) < 4.78 is 2.09. The van der Waals surface area contributed by atoms with E-state index in [-0.39, 0.29) is 5.91 Å². The van der Waals surface area contributed by atoms with Crippen molar-refractivity contribution in [1.29, 1.82) is 0 Å². The van der Waals surface area contributed by atoms with Crippen LogP contribution in [0.2, 0.25) is 0 Å². The Morgan fingerprint density at radius 3 is 3.09 bits per heavy atom. The molecule has 3 heterocycles. The van der Waals surface area contributed by atoms with Crippen molar-refractivity contribution >= 4 is 22.2 Å². The number of fused-ring (bicyclic) bond motifs is 2. The maximum absolute atomic E-state index is 12.8. The van der Waals surface area contributed by atoms with E-state index in [1.807, 2.05) is 14.0 Å². The first-order valence-electron chi connectivity index (χ1n) is 7.80. The van der Waals surface area contributed by atoms with Crippen LogP contribution in [-0.2, 0) is 19.4 Å². The maximum Gasteiger partial charge on any atom is 0.274 e. The van der Waals surface area contributed by atoms with Crippen LogP contribution < -0.4 is 0 Å². The molecule has 0 atom stereocenters. The van der Waals surface area contributed by atoms with Gasteiger partial charge in [0.25, 0.3) is 5.91 Å². The van der Waals surface area contributed by atoms with Gasteiger partial charge in [0.15, 0.2) is 10.7 Å². The van der Waals surface area contributed by atoms with E-state index in [0.717, 1.165) is 46.9 Å². The Labute approximate surface area is 138 Å². The number of thiazole rings is 1. The third-order valence-electron chi connectivity index (χ3n) is 4.48. The minimum atomic E-state index is -0.0225. The van der Waals surface area contributed by atoms with E-state index in [0.29, 0.717) is 12.2 Å². The van der Waals surface area contributed by atoms with Crippen molar-refractivity contribution in [3.63, 3.8) is 0 Å². The average Bonchev–Trinajstić information content (AvgIpc) is 3.22. The number of carbonyl (C=O) groups excluding carboxylic acids is 1. The standard InChI is InChI=1S/C16H19N5OS/c1-9-7-21-13(10(2)17-16(21)23-9)8-20(3)15(22)14-11-5-4-6-12(11)18-19-14/h7H,4-6,8H2,1-3H3,(H,18,19). The average molecular weight is 329 g/mol. The largest absolute Gasteiger partial charge is 0.334 e. The molecule has 7 heteroatoms. The molecule has 0 aromatic carbocycles. The second-order valence-electron chi connectivity index (χ2n) is 6.18. The number of aromatic nitrogens is 4. The Hall–Kier alpha value is -2.15. The number of aryl methyl sites for hydroxylation is 3. The summed E-state index contributed by atoms with van der Waals surface area (Å²) in [5.41, 5.74) is 4.84. The normalized spacial score (nSPS) is 13.7. The van der Waals surface area contributed by atoms with E-state index >= 15 is 0 Å². The quantitative estimate of drug-likeness (QED) is 0.803. The number of nitrogens with zero attached hydrogens (tertiary/aromatic N) is 4. The van der Waals surface area contributed by atoms with Gasteiger partial charge in [0.2, 0.25) is 0 Å². The predicted octanol–water partition coefficient (Wildman–Crippen LogP) is 2.50. The molecular weight excluding hydrogens is 310 g/mol. The summed E-state index contributed by atoms with van der Waals surface area (Å²) >= 11 is 1.67. The predicted molar refractivity (Wildman–Crippen MR) is 89.0 cm³/mol. The molecule has 3 aromatic heterocycles. The SMILES string of the molecule is Cc1cn2c(CN(C)C(=O)c3n[nH]c4c3CCC4)c(C)nc2s1. The number of nitrogens with one attached hydrogen (secondary N) is 1. The number of carbonyl (C=O) groups is 1. The summed E-state index contributed by atoms with van der Waals surface area (Å²) in [5.74, 6) is -0.0225. The molecule has 6 nitrogen and oxygen atoms in total. The van der Waals surface area contributed by atoms with Gasteiger partial charge in [-0.3, -0.25) is 14.3 Å². The zero-order chi connectivity index (χ0) is 16.1. The lowest BCUT2D eigenvalue weighted by Crippen LogP contribution is -2.28. The zero-order valence-electron chi connectivity index (χ0n) is 13.5. The highest BCUT2D eigenvalue weighted by molar-refractivity contribution is 7.17. The fourth-order valence-corrected chi connectivity index (χ4v) is 4.16. The van der Waals surface area contributed by atoms with Gasteiger partial charge in [-0.05, 0) is 33.1 Å². The fourth-order valence-electron chi connectivity index (χ4n) is 3.27. The van der Waals surface area contributed by atoms with Crippen molar-refractivity contribution in [3.05, 3.63) is 39.4 Å². The molecule has 1 N–H and O–H groups in total. The first kappa shape index (κ1) is 14.4. The van der Waals surface area contributed by atoms with Crippen molar-refractivity contribution < 1.29 is 4.79 Å². The number of rotatable bonds is 3. The van der Waals surface area contributed by atoms with E-state index in [1.165, 1.54) is 4.88 Å². The summed E-state index contributed by atoms with van der Waals surface area (Å²) in [5, 5.41) is 7.25. The number of imidazole rings is 1. The summed E-state index contributed by atoms with van der Waals surface area (Å²) in [6, 6.07) is 0. The molecule has 1 aliphatic rings. The van der Waals surface area contributed by atoms with Crippen molar-refractivity contribution in [2.75, 3.05) is 7.05 Å². The molecule has 1 aliphatic carbocycles. The number of hydrogen-bond acceptors (Lipinski definition) is 4. The Morgan fingerprint density at radius 2 is 2.26 bits per heavy atom. The topological polar surface area (TPSA) is 66.3 Å². The molecule has 0 spiro atoms. The highest BCUT2D eigenvalue weighted by Gasteiger charge is 2.26. The Morgan fingerprint density at radius 1 is 1.43 bits per heavy atom. The molecule has 1 amide bonds. The lowest BCUT2D eigenvalue weighted by atomic mass is 10.2. The number of hydrogen-bond donors (Lipinski definition) is 1. The molecule has 0 saturated carbocycles. The van der Waals surface area contributed by atoms with Gasteiger partial charge in [-0.25, -0.2) is 4.98 Å². The Balaban J connectivity index is 1.62. The molecule has 4 rings (SSSR count). The van der Waals surface area contributed by atoms with Crippen LogP contribution in [0.25, 0.3) is 4.96 Å². The van der Waals surface area contributed by atoms with E-state index in [4.69, 9.17) is 0 Å². The third kappa shape index (κ3) is 2.26. The summed E-state index contributed by atoms with van der Waals surface area (Å²) in [6.45, 7) is 4.60. The molecule has 0 bridgehead atoms. The second kappa shape index (κ2) is 5.19. The first-order chi connectivity index (χ1) is 11.0. The summed E-state index contributed by atoms with van der Waals surface area (Å²) in [7, 11) is 1.83. The molecule has 0 fully saturated rings. The van der Waals surface area contributed by atoms with Crippen LogP contribution in [0.3, 0.4) is 0 Å². The number of amides is 1. The van der Waals surface area contributed by atoms with Gasteiger partial charge in [-0.15, -0.1) is 11.3 Å². The zero-order valence-corrected chi connectivity index (χ0v) is 14.3. The highest BCUT2D eigenvalue weighted by atomic mass is 32.1. The first-order valence-corrected chi connectivity index (χ1v) is 8.62. The Bertz CT molecular complexity index is 903. The monoisotopic (exact) mass is 329 g/mol. The lowest BCUT2D eigenvalue weighted by molar-refractivity contribution is 0.0776. The van der Waals surface area contributed by atoms with Gasteiger partial charge in [0, 0.05) is 29.4 Å². The smallest absolute Gasteiger partial charge is 0.274 e. The molecule has 0 unspecified atom stereocenters. The van der Waals surface area contributed by atoms with E-state index in [1.54, 1.807) is 16.2 Å². The van der Waals surface area contributed by atoms with Crippen molar-refractivity contribution in [2.45, 2.75) is 39.7 Å². The maximum atomic E-state index is 12.8. The van der Waals surface area contributed by atoms with Gasteiger partial charge < -0.3 is 4.90 Å². The van der Waals surface area contributed by atoms with Crippen LogP contribution in [0, 0.1) is 13.8 Å². The van der Waals surface area contributed by atoms with Gasteiger partial charge in [0.1, 0.15) is 0 Å². The van der Waals surface area contributed by atoms with Gasteiger partial charge in [-0.2, -0.15) is 5.10 Å². The lowest BCUT2D eigenvalue weighted by Gasteiger charge is -2.16. The van der Waals surface area contributed by atoms with Crippen molar-refractivity contribution in [3.8, 4) is 0 Å². The fraction of sp³-hybridized carbons (Fsp3) is 0.438. The molecule has 3 aromatic rings. The molecule has 0 saturated heterocycles. The van der Waals surface area contributed by atoms with Crippen LogP contribution in [0.1, 0.15) is 44.4 Å². The van der Waals surface area contributed by atoms with Crippen LogP contribution in [0.5, 0.6) is 0 Å². The van der Waals surface area contributed by atoms with Crippen LogP contribution >= 0.6 is 11.3 Å². The Kier molecular flexibility index (Phi) is 3.26. The number of H-pyrrole nitrogens is 1. The minimum absolute atomic E-state index is 0.0225. The van der Waals surface area contributed by atoms with E-state index in [2.05, 4.69) is 32.7 Å². The summed E-state index contributed by atoms with van der Waals surface area (Å²) in [6.07, 6.45) is 5.13. The molecular formula is C16H19N5OS. The van der Waals surface area contributed by atoms with Crippen LogP contribution in [-0.4, -0.2) is 37.4 Å². The third-order valence-corrected chi connectivity index (χ3v) is 5.38. The highest BCUT2D eigenvalue weighted by Crippen LogP contribution is 2.25.